The fourth-order valence-electron chi connectivity index (χ4n) is 2.09. The first kappa shape index (κ1) is 9.66. The Hall–Kier alpha value is -1.55. The first-order valence-electron chi connectivity index (χ1n) is 5.58. The third-order valence-electron chi connectivity index (χ3n) is 3.34. The summed E-state index contributed by atoms with van der Waals surface area (Å²) in [6.45, 7) is 2.23. The molecule has 0 radical (unpaired) electrons. The van der Waals surface area contributed by atoms with E-state index in [9.17, 15) is 0 Å². The zero-order valence-corrected chi connectivity index (χ0v) is 9.67. The van der Waals surface area contributed by atoms with Crippen molar-refractivity contribution in [3.63, 3.8) is 0 Å². The number of aromatic nitrogens is 2. The van der Waals surface area contributed by atoms with Gasteiger partial charge in [-0.25, -0.2) is 4.98 Å². The molecule has 1 aliphatic heterocycles. The first-order chi connectivity index (χ1) is 7.74. The number of pyridine rings is 1. The van der Waals surface area contributed by atoms with E-state index in [0.29, 0.717) is 6.04 Å². The van der Waals surface area contributed by atoms with E-state index in [0.717, 1.165) is 18.7 Å². The summed E-state index contributed by atoms with van der Waals surface area (Å²) in [6.07, 6.45) is 5.87. The van der Waals surface area contributed by atoms with Gasteiger partial charge >= 0.3 is 0 Å². The lowest BCUT2D eigenvalue weighted by Gasteiger charge is -2.44. The summed E-state index contributed by atoms with van der Waals surface area (Å²) in [7, 11) is 4.28. The third kappa shape index (κ3) is 1.46. The van der Waals surface area contributed by atoms with Gasteiger partial charge in [0.1, 0.15) is 5.65 Å². The molecule has 0 bridgehead atoms. The van der Waals surface area contributed by atoms with Crippen molar-refractivity contribution < 1.29 is 0 Å². The number of hydrogen-bond donors (Lipinski definition) is 0. The topological polar surface area (TPSA) is 23.8 Å². The van der Waals surface area contributed by atoms with E-state index in [1.165, 1.54) is 5.69 Å². The number of imidazole rings is 1. The first-order valence-corrected chi connectivity index (χ1v) is 5.58. The summed E-state index contributed by atoms with van der Waals surface area (Å²) >= 11 is 0. The van der Waals surface area contributed by atoms with Crippen LogP contribution < -0.4 is 4.90 Å². The van der Waals surface area contributed by atoms with Crippen molar-refractivity contribution in [2.24, 2.45) is 0 Å². The standard InChI is InChI=1S/C12H16N4/c1-14(2)11-8-16(9-11)10-3-5-15-6-4-13-12(15)7-10/h3-7,11H,8-9H2,1-2H3. The molecule has 1 fully saturated rings. The molecule has 2 aromatic rings. The smallest absolute Gasteiger partial charge is 0.138 e. The van der Waals surface area contributed by atoms with Gasteiger partial charge < -0.3 is 14.2 Å². The Balaban J connectivity index is 1.80. The number of nitrogens with zero attached hydrogens (tertiary/aromatic N) is 4. The van der Waals surface area contributed by atoms with Crippen LogP contribution in [0, 0.1) is 0 Å². The van der Waals surface area contributed by atoms with Crippen LogP contribution in [0.25, 0.3) is 5.65 Å². The number of anilines is 1. The van der Waals surface area contributed by atoms with Gasteiger partial charge in [0, 0.05) is 49.5 Å². The molecule has 16 heavy (non-hydrogen) atoms. The highest BCUT2D eigenvalue weighted by atomic mass is 15.3. The fraction of sp³-hybridized carbons (Fsp3) is 0.417. The zero-order chi connectivity index (χ0) is 11.1. The molecule has 0 saturated carbocycles. The molecule has 2 aromatic heterocycles. The van der Waals surface area contributed by atoms with Crippen LogP contribution in [0.15, 0.2) is 30.7 Å². The van der Waals surface area contributed by atoms with Gasteiger partial charge in [0.15, 0.2) is 0 Å². The average Bonchev–Trinajstić information content (AvgIpc) is 2.61. The number of hydrogen-bond acceptors (Lipinski definition) is 3. The van der Waals surface area contributed by atoms with Crippen LogP contribution >= 0.6 is 0 Å². The Morgan fingerprint density at radius 3 is 2.88 bits per heavy atom. The van der Waals surface area contributed by atoms with E-state index >= 15 is 0 Å². The van der Waals surface area contributed by atoms with Crippen LogP contribution in [-0.2, 0) is 0 Å². The van der Waals surface area contributed by atoms with Crippen LogP contribution in [0.4, 0.5) is 5.69 Å². The minimum Gasteiger partial charge on any atom is -0.368 e. The van der Waals surface area contributed by atoms with Crippen molar-refractivity contribution in [3.8, 4) is 0 Å². The van der Waals surface area contributed by atoms with Gasteiger partial charge in [0.05, 0.1) is 0 Å². The van der Waals surface area contributed by atoms with Gasteiger partial charge in [-0.1, -0.05) is 0 Å². The monoisotopic (exact) mass is 216 g/mol. The molecule has 1 aliphatic rings. The van der Waals surface area contributed by atoms with Gasteiger partial charge in [-0.05, 0) is 20.2 Å². The molecule has 0 atom stereocenters. The van der Waals surface area contributed by atoms with E-state index in [4.69, 9.17) is 0 Å². The minimum atomic E-state index is 0.691. The van der Waals surface area contributed by atoms with Crippen molar-refractivity contribution in [1.29, 1.82) is 0 Å². The Morgan fingerprint density at radius 1 is 1.31 bits per heavy atom. The maximum absolute atomic E-state index is 4.30. The highest BCUT2D eigenvalue weighted by Crippen LogP contribution is 2.23. The van der Waals surface area contributed by atoms with Crippen molar-refractivity contribution in [3.05, 3.63) is 30.7 Å². The summed E-state index contributed by atoms with van der Waals surface area (Å²) in [5, 5.41) is 0. The number of rotatable bonds is 2. The Kier molecular flexibility index (Phi) is 2.11. The summed E-state index contributed by atoms with van der Waals surface area (Å²) in [5.74, 6) is 0. The van der Waals surface area contributed by atoms with Gasteiger partial charge in [0.25, 0.3) is 0 Å². The van der Waals surface area contributed by atoms with Crippen LogP contribution in [0.2, 0.25) is 0 Å². The second-order valence-corrected chi connectivity index (χ2v) is 4.60. The molecule has 3 rings (SSSR count). The van der Waals surface area contributed by atoms with Crippen molar-refractivity contribution in [2.75, 3.05) is 32.1 Å². The van der Waals surface area contributed by atoms with E-state index in [-0.39, 0.29) is 0 Å². The maximum Gasteiger partial charge on any atom is 0.138 e. The van der Waals surface area contributed by atoms with Crippen molar-refractivity contribution in [2.45, 2.75) is 6.04 Å². The number of likely N-dealkylation sites (N-methyl/N-ethyl adjacent to an activating group) is 1. The molecule has 0 aliphatic carbocycles. The van der Waals surface area contributed by atoms with Crippen molar-refractivity contribution in [1.82, 2.24) is 14.3 Å². The van der Waals surface area contributed by atoms with Gasteiger partial charge in [0.2, 0.25) is 0 Å². The molecule has 3 heterocycles. The lowest BCUT2D eigenvalue weighted by molar-refractivity contribution is 0.247. The zero-order valence-electron chi connectivity index (χ0n) is 9.67. The highest BCUT2D eigenvalue weighted by Gasteiger charge is 2.28. The van der Waals surface area contributed by atoms with E-state index in [2.05, 4.69) is 47.2 Å². The molecule has 1 saturated heterocycles. The van der Waals surface area contributed by atoms with Crippen LogP contribution in [0.5, 0.6) is 0 Å². The maximum atomic E-state index is 4.30. The highest BCUT2D eigenvalue weighted by molar-refractivity contribution is 5.57. The molecular formula is C12H16N4. The van der Waals surface area contributed by atoms with Crippen molar-refractivity contribution >= 4 is 11.3 Å². The molecule has 4 nitrogen and oxygen atoms in total. The largest absolute Gasteiger partial charge is 0.368 e. The quantitative estimate of drug-likeness (QED) is 0.750. The minimum absolute atomic E-state index is 0.691. The Labute approximate surface area is 95.1 Å². The summed E-state index contributed by atoms with van der Waals surface area (Å²) < 4.78 is 2.03. The predicted molar refractivity (Wildman–Crippen MR) is 64.9 cm³/mol. The van der Waals surface area contributed by atoms with E-state index < -0.39 is 0 Å². The molecule has 0 aromatic carbocycles. The molecule has 0 amide bonds. The lowest BCUT2D eigenvalue weighted by atomic mass is 10.1. The Morgan fingerprint density at radius 2 is 2.12 bits per heavy atom. The van der Waals surface area contributed by atoms with Crippen LogP contribution in [0.1, 0.15) is 0 Å². The molecule has 0 spiro atoms. The molecule has 0 unspecified atom stereocenters. The summed E-state index contributed by atoms with van der Waals surface area (Å²) in [5.41, 5.74) is 2.29. The Bertz CT molecular complexity index is 496. The van der Waals surface area contributed by atoms with Crippen LogP contribution in [-0.4, -0.2) is 47.5 Å². The second kappa shape index (κ2) is 3.49. The van der Waals surface area contributed by atoms with E-state index in [1.54, 1.807) is 0 Å². The van der Waals surface area contributed by atoms with E-state index in [1.807, 2.05) is 16.8 Å². The lowest BCUT2D eigenvalue weighted by Crippen LogP contribution is -2.57. The molecule has 4 heteroatoms. The fourth-order valence-corrected chi connectivity index (χ4v) is 2.09. The van der Waals surface area contributed by atoms with Gasteiger partial charge in [-0.15, -0.1) is 0 Å². The summed E-state index contributed by atoms with van der Waals surface area (Å²) in [4.78, 5) is 8.97. The third-order valence-corrected chi connectivity index (χ3v) is 3.34. The molecule has 0 N–H and O–H groups in total. The molecular weight excluding hydrogens is 200 g/mol. The average molecular weight is 216 g/mol. The van der Waals surface area contributed by atoms with Crippen LogP contribution in [0.3, 0.4) is 0 Å². The summed E-state index contributed by atoms with van der Waals surface area (Å²) in [6, 6.07) is 4.99. The second-order valence-electron chi connectivity index (χ2n) is 4.60. The van der Waals surface area contributed by atoms with Gasteiger partial charge in [-0.3, -0.25) is 0 Å². The predicted octanol–water partition coefficient (Wildman–Crippen LogP) is 1.08. The van der Waals surface area contributed by atoms with Gasteiger partial charge in [-0.2, -0.15) is 0 Å². The normalized spacial score (nSPS) is 17.1. The molecule has 84 valence electrons. The number of fused-ring (bicyclic) bond motifs is 1. The SMILES string of the molecule is CN(C)C1CN(c2ccn3ccnc3c2)C1.